The van der Waals surface area contributed by atoms with Crippen molar-refractivity contribution in [2.45, 2.75) is 17.9 Å². The predicted octanol–water partition coefficient (Wildman–Crippen LogP) is 1.83. The van der Waals surface area contributed by atoms with Crippen LogP contribution in [0.3, 0.4) is 0 Å². The van der Waals surface area contributed by atoms with E-state index in [-0.39, 0.29) is 5.75 Å². The second kappa shape index (κ2) is 4.74. The maximum absolute atomic E-state index is 11.5. The van der Waals surface area contributed by atoms with Crippen molar-refractivity contribution in [3.05, 3.63) is 29.3 Å². The molecule has 0 spiro atoms. The molecular weight excluding hydrogens is 208 g/mol. The third-order valence-electron chi connectivity index (χ3n) is 1.47. The number of rotatable bonds is 3. The summed E-state index contributed by atoms with van der Waals surface area (Å²) in [5, 5.41) is 9.53. The quantitative estimate of drug-likeness (QED) is 0.841. The fourth-order valence-electron chi connectivity index (χ4n) is 0.938. The molecule has 0 aliphatic heterocycles. The van der Waals surface area contributed by atoms with Gasteiger partial charge in [0.15, 0.2) is 0 Å². The summed E-state index contributed by atoms with van der Waals surface area (Å²) in [7, 11) is -1.21. The molecule has 1 rings (SSSR count). The van der Waals surface area contributed by atoms with E-state index in [1.807, 2.05) is 0 Å². The normalized spacial score (nSPS) is 15.3. The molecular formula is C9H11ClO2S. The third kappa shape index (κ3) is 3.10. The summed E-state index contributed by atoms with van der Waals surface area (Å²) < 4.78 is 11.5. The molecule has 0 saturated carbocycles. The Balaban J connectivity index is 2.83. The van der Waals surface area contributed by atoms with E-state index in [0.29, 0.717) is 9.92 Å². The zero-order chi connectivity index (χ0) is 9.84. The molecule has 0 bridgehead atoms. The fourth-order valence-corrected chi connectivity index (χ4v) is 2.47. The SMILES string of the molecule is C[C@H](O)CS(=O)c1ccccc1Cl. The zero-order valence-electron chi connectivity index (χ0n) is 7.24. The summed E-state index contributed by atoms with van der Waals surface area (Å²) in [5.41, 5.74) is 0. The lowest BCUT2D eigenvalue weighted by Crippen LogP contribution is -2.12. The maximum Gasteiger partial charge on any atom is 0.0630 e. The Morgan fingerprint density at radius 3 is 2.69 bits per heavy atom. The number of aliphatic hydroxyl groups is 1. The zero-order valence-corrected chi connectivity index (χ0v) is 8.81. The van der Waals surface area contributed by atoms with Crippen LogP contribution in [-0.2, 0) is 10.8 Å². The minimum Gasteiger partial charge on any atom is -0.392 e. The van der Waals surface area contributed by atoms with Crippen LogP contribution in [0.15, 0.2) is 29.2 Å². The van der Waals surface area contributed by atoms with Gasteiger partial charge in [-0.2, -0.15) is 0 Å². The van der Waals surface area contributed by atoms with Gasteiger partial charge in [-0.25, -0.2) is 0 Å². The summed E-state index contributed by atoms with van der Waals surface area (Å²) in [5.74, 6) is 0.226. The molecule has 0 aliphatic carbocycles. The Morgan fingerprint density at radius 2 is 2.15 bits per heavy atom. The van der Waals surface area contributed by atoms with E-state index in [4.69, 9.17) is 16.7 Å². The Morgan fingerprint density at radius 1 is 1.54 bits per heavy atom. The lowest BCUT2D eigenvalue weighted by Gasteiger charge is -2.05. The first-order valence-electron chi connectivity index (χ1n) is 3.92. The van der Waals surface area contributed by atoms with Crippen LogP contribution in [0.25, 0.3) is 0 Å². The highest BCUT2D eigenvalue weighted by Crippen LogP contribution is 2.19. The molecule has 1 N–H and O–H groups in total. The van der Waals surface area contributed by atoms with E-state index >= 15 is 0 Å². The smallest absolute Gasteiger partial charge is 0.0630 e. The summed E-state index contributed by atoms with van der Waals surface area (Å²) in [4.78, 5) is 0.588. The molecule has 0 amide bonds. The molecule has 0 radical (unpaired) electrons. The lowest BCUT2D eigenvalue weighted by molar-refractivity contribution is 0.219. The molecule has 2 atom stereocenters. The Hall–Kier alpha value is -0.380. The van der Waals surface area contributed by atoms with Crippen LogP contribution in [0.5, 0.6) is 0 Å². The topological polar surface area (TPSA) is 37.3 Å². The number of aliphatic hydroxyl groups excluding tert-OH is 1. The maximum atomic E-state index is 11.5. The number of hydrogen-bond donors (Lipinski definition) is 1. The lowest BCUT2D eigenvalue weighted by atomic mass is 10.4. The van der Waals surface area contributed by atoms with Crippen LogP contribution in [0.2, 0.25) is 5.02 Å². The van der Waals surface area contributed by atoms with Gasteiger partial charge in [-0.05, 0) is 19.1 Å². The third-order valence-corrected chi connectivity index (χ3v) is 3.55. The Labute approximate surface area is 85.0 Å². The molecule has 13 heavy (non-hydrogen) atoms. The Kier molecular flexibility index (Phi) is 3.90. The number of benzene rings is 1. The molecule has 1 aromatic carbocycles. The van der Waals surface area contributed by atoms with Crippen LogP contribution >= 0.6 is 11.6 Å². The Bertz CT molecular complexity index is 312. The van der Waals surface area contributed by atoms with E-state index in [1.165, 1.54) is 0 Å². The van der Waals surface area contributed by atoms with Gasteiger partial charge in [0.1, 0.15) is 0 Å². The van der Waals surface area contributed by atoms with Crippen molar-refractivity contribution in [2.75, 3.05) is 5.75 Å². The number of halogens is 1. The van der Waals surface area contributed by atoms with Crippen molar-refractivity contribution in [1.82, 2.24) is 0 Å². The van der Waals surface area contributed by atoms with Gasteiger partial charge in [0.2, 0.25) is 0 Å². The first-order chi connectivity index (χ1) is 6.11. The fraction of sp³-hybridized carbons (Fsp3) is 0.333. The minimum atomic E-state index is -1.21. The molecule has 0 aromatic heterocycles. The second-order valence-corrected chi connectivity index (χ2v) is 4.66. The van der Waals surface area contributed by atoms with Crippen molar-refractivity contribution in [3.63, 3.8) is 0 Å². The average Bonchev–Trinajstić information content (AvgIpc) is 2.03. The average molecular weight is 219 g/mol. The van der Waals surface area contributed by atoms with E-state index in [9.17, 15) is 4.21 Å². The van der Waals surface area contributed by atoms with Crippen molar-refractivity contribution in [3.8, 4) is 0 Å². The van der Waals surface area contributed by atoms with Gasteiger partial charge in [-0.3, -0.25) is 4.21 Å². The summed E-state index contributed by atoms with van der Waals surface area (Å²) >= 11 is 5.83. The van der Waals surface area contributed by atoms with Crippen LogP contribution in [0.4, 0.5) is 0 Å². The van der Waals surface area contributed by atoms with E-state index in [2.05, 4.69) is 0 Å². The van der Waals surface area contributed by atoms with Crippen LogP contribution in [-0.4, -0.2) is 21.2 Å². The monoisotopic (exact) mass is 218 g/mol. The highest BCUT2D eigenvalue weighted by atomic mass is 35.5. The van der Waals surface area contributed by atoms with Gasteiger partial charge in [0.25, 0.3) is 0 Å². The van der Waals surface area contributed by atoms with Gasteiger partial charge >= 0.3 is 0 Å². The van der Waals surface area contributed by atoms with Crippen molar-refractivity contribution in [1.29, 1.82) is 0 Å². The molecule has 1 aromatic rings. The van der Waals surface area contributed by atoms with Crippen molar-refractivity contribution < 1.29 is 9.32 Å². The highest BCUT2D eigenvalue weighted by molar-refractivity contribution is 7.85. The molecule has 2 nitrogen and oxygen atoms in total. The summed E-state index contributed by atoms with van der Waals surface area (Å²) in [6.45, 7) is 1.61. The van der Waals surface area contributed by atoms with Gasteiger partial charge < -0.3 is 5.11 Å². The molecule has 4 heteroatoms. The van der Waals surface area contributed by atoms with Crippen molar-refractivity contribution >= 4 is 22.4 Å². The van der Waals surface area contributed by atoms with Crippen LogP contribution in [0, 0.1) is 0 Å². The van der Waals surface area contributed by atoms with Crippen LogP contribution in [0.1, 0.15) is 6.92 Å². The molecule has 1 unspecified atom stereocenters. The summed E-state index contributed by atoms with van der Waals surface area (Å²) in [6, 6.07) is 6.96. The molecule has 72 valence electrons. The first kappa shape index (κ1) is 10.7. The molecule has 0 heterocycles. The predicted molar refractivity (Wildman–Crippen MR) is 54.4 cm³/mol. The van der Waals surface area contributed by atoms with Gasteiger partial charge in [-0.1, -0.05) is 23.7 Å². The standard InChI is InChI=1S/C9H11ClO2S/c1-7(11)6-13(12)9-5-3-2-4-8(9)10/h2-5,7,11H,6H2,1H3/t7-,13?/m0/s1. The van der Waals surface area contributed by atoms with Gasteiger partial charge in [-0.15, -0.1) is 0 Å². The van der Waals surface area contributed by atoms with E-state index < -0.39 is 16.9 Å². The van der Waals surface area contributed by atoms with E-state index in [1.54, 1.807) is 31.2 Å². The highest BCUT2D eigenvalue weighted by Gasteiger charge is 2.09. The molecule has 0 saturated heterocycles. The summed E-state index contributed by atoms with van der Waals surface area (Å²) in [6.07, 6.45) is -0.572. The van der Waals surface area contributed by atoms with E-state index in [0.717, 1.165) is 0 Å². The van der Waals surface area contributed by atoms with Gasteiger partial charge in [0.05, 0.1) is 32.6 Å². The van der Waals surface area contributed by atoms with Crippen LogP contribution < -0.4 is 0 Å². The molecule has 0 aliphatic rings. The minimum absolute atomic E-state index is 0.226. The second-order valence-electron chi connectivity index (χ2n) is 2.79. The van der Waals surface area contributed by atoms with Gasteiger partial charge in [0, 0.05) is 0 Å². The molecule has 0 fully saturated rings. The first-order valence-corrected chi connectivity index (χ1v) is 5.62. The van der Waals surface area contributed by atoms with Crippen molar-refractivity contribution in [2.24, 2.45) is 0 Å². The number of hydrogen-bond acceptors (Lipinski definition) is 2. The largest absolute Gasteiger partial charge is 0.392 e.